The lowest BCUT2D eigenvalue weighted by Gasteiger charge is -2.30. The molecule has 6 nitrogen and oxygen atoms in total. The van der Waals surface area contributed by atoms with Gasteiger partial charge in [-0.1, -0.05) is 29.8 Å². The first kappa shape index (κ1) is 22.1. The number of aromatic nitrogens is 2. The van der Waals surface area contributed by atoms with E-state index in [9.17, 15) is 14.4 Å². The molecular formula is C26H31N3O3S. The number of amides is 1. The van der Waals surface area contributed by atoms with Gasteiger partial charge in [-0.05, 0) is 68.4 Å². The predicted octanol–water partition coefficient (Wildman–Crippen LogP) is 4.01. The molecule has 7 heteroatoms. The van der Waals surface area contributed by atoms with Gasteiger partial charge in [0.15, 0.2) is 0 Å². The fourth-order valence-corrected chi connectivity index (χ4v) is 6.33. The third-order valence-corrected chi connectivity index (χ3v) is 8.21. The summed E-state index contributed by atoms with van der Waals surface area (Å²) in [4.78, 5) is 41.4. The normalized spacial score (nSPS) is 21.1. The Hall–Kier alpha value is -2.67. The van der Waals surface area contributed by atoms with Gasteiger partial charge >= 0.3 is 5.69 Å². The second-order valence-corrected chi connectivity index (χ2v) is 10.6. The molecule has 1 aliphatic carbocycles. The molecule has 0 bridgehead atoms. The van der Waals surface area contributed by atoms with Gasteiger partial charge in [0.05, 0.1) is 12.1 Å². The second kappa shape index (κ2) is 9.29. The third-order valence-electron chi connectivity index (χ3n) is 7.31. The molecule has 2 fully saturated rings. The number of rotatable bonds is 5. The van der Waals surface area contributed by atoms with Gasteiger partial charge in [0.1, 0.15) is 4.70 Å². The van der Waals surface area contributed by atoms with Crippen molar-refractivity contribution in [2.24, 2.45) is 11.8 Å². The van der Waals surface area contributed by atoms with Crippen molar-refractivity contribution in [3.05, 3.63) is 67.7 Å². The zero-order valence-electron chi connectivity index (χ0n) is 19.2. The van der Waals surface area contributed by atoms with E-state index in [1.165, 1.54) is 15.9 Å². The number of hydrogen-bond acceptors (Lipinski definition) is 4. The topological polar surface area (TPSA) is 64.3 Å². The van der Waals surface area contributed by atoms with E-state index in [1.807, 2.05) is 41.5 Å². The van der Waals surface area contributed by atoms with Gasteiger partial charge in [-0.3, -0.25) is 18.7 Å². The van der Waals surface area contributed by atoms with Crippen LogP contribution in [0.4, 0.5) is 0 Å². The number of nitrogens with zero attached hydrogens (tertiary/aromatic N) is 3. The van der Waals surface area contributed by atoms with Gasteiger partial charge in [-0.15, -0.1) is 11.3 Å². The van der Waals surface area contributed by atoms with Crippen LogP contribution in [-0.4, -0.2) is 33.0 Å². The summed E-state index contributed by atoms with van der Waals surface area (Å²) in [6, 6.07) is 10.0. The van der Waals surface area contributed by atoms with Crippen LogP contribution in [0.3, 0.4) is 0 Å². The standard InChI is InChI=1S/C26H31N3O3S/c1-18-5-4-6-20(15-18)17-28-22-11-14-33-23(22)25(31)29(26(28)32)16-19-7-9-21(10-8-19)24(30)27-12-2-3-13-27/h4-6,11,14-15,19,21H,2-3,7-10,12-13,16-17H2,1H3. The van der Waals surface area contributed by atoms with E-state index in [1.54, 1.807) is 4.57 Å². The number of fused-ring (bicyclic) bond motifs is 1. The molecule has 1 aromatic carbocycles. The van der Waals surface area contributed by atoms with Crippen molar-refractivity contribution in [3.63, 3.8) is 0 Å². The second-order valence-electron chi connectivity index (χ2n) is 9.66. The summed E-state index contributed by atoms with van der Waals surface area (Å²) in [5, 5.41) is 1.89. The van der Waals surface area contributed by atoms with E-state index < -0.39 is 0 Å². The Labute approximate surface area is 197 Å². The van der Waals surface area contributed by atoms with Gasteiger partial charge in [0.2, 0.25) is 5.91 Å². The Morgan fingerprint density at radius 1 is 1.03 bits per heavy atom. The summed E-state index contributed by atoms with van der Waals surface area (Å²) in [5.74, 6) is 0.667. The van der Waals surface area contributed by atoms with Crippen LogP contribution in [0, 0.1) is 18.8 Å². The average Bonchev–Trinajstić information content (AvgIpc) is 3.52. The summed E-state index contributed by atoms with van der Waals surface area (Å²) >= 11 is 1.40. The maximum atomic E-state index is 13.5. The van der Waals surface area contributed by atoms with Crippen LogP contribution < -0.4 is 11.2 Å². The van der Waals surface area contributed by atoms with Crippen molar-refractivity contribution in [1.82, 2.24) is 14.0 Å². The third kappa shape index (κ3) is 4.43. The lowest BCUT2D eigenvalue weighted by Crippen LogP contribution is -2.42. The van der Waals surface area contributed by atoms with Crippen molar-refractivity contribution < 1.29 is 4.79 Å². The first-order valence-corrected chi connectivity index (χ1v) is 12.9. The summed E-state index contributed by atoms with van der Waals surface area (Å²) in [5.41, 5.74) is 2.50. The van der Waals surface area contributed by atoms with Crippen molar-refractivity contribution in [2.75, 3.05) is 13.1 Å². The molecule has 1 saturated heterocycles. The van der Waals surface area contributed by atoms with Gasteiger partial charge in [0, 0.05) is 25.6 Å². The zero-order chi connectivity index (χ0) is 22.9. The van der Waals surface area contributed by atoms with Gasteiger partial charge in [-0.2, -0.15) is 0 Å². The Kier molecular flexibility index (Phi) is 6.23. The molecule has 1 amide bonds. The highest BCUT2D eigenvalue weighted by Gasteiger charge is 2.31. The molecule has 0 spiro atoms. The van der Waals surface area contributed by atoms with Crippen LogP contribution in [0.5, 0.6) is 0 Å². The van der Waals surface area contributed by atoms with Crippen LogP contribution in [0.2, 0.25) is 0 Å². The van der Waals surface area contributed by atoms with Crippen LogP contribution in [0.1, 0.15) is 49.7 Å². The lowest BCUT2D eigenvalue weighted by atomic mass is 9.81. The number of hydrogen-bond donors (Lipinski definition) is 0. The van der Waals surface area contributed by atoms with Crippen LogP contribution >= 0.6 is 11.3 Å². The molecule has 3 heterocycles. The Bertz CT molecular complexity index is 1270. The number of likely N-dealkylation sites (tertiary alicyclic amines) is 1. The SMILES string of the molecule is Cc1cccc(Cn2c(=O)n(CC3CCC(C(=O)N4CCCC4)CC3)c(=O)c3sccc32)c1. The number of thiophene rings is 1. The highest BCUT2D eigenvalue weighted by atomic mass is 32.1. The summed E-state index contributed by atoms with van der Waals surface area (Å²) in [6.07, 6.45) is 5.71. The minimum atomic E-state index is -0.234. The maximum Gasteiger partial charge on any atom is 0.331 e. The van der Waals surface area contributed by atoms with E-state index >= 15 is 0 Å². The number of aryl methyl sites for hydroxylation is 1. The van der Waals surface area contributed by atoms with Crippen molar-refractivity contribution in [3.8, 4) is 0 Å². The molecule has 5 rings (SSSR count). The van der Waals surface area contributed by atoms with E-state index in [0.717, 1.165) is 62.7 Å². The molecule has 0 atom stereocenters. The maximum absolute atomic E-state index is 13.5. The number of benzene rings is 1. The molecule has 1 aliphatic heterocycles. The minimum absolute atomic E-state index is 0.105. The van der Waals surface area contributed by atoms with Crippen LogP contribution in [0.25, 0.3) is 10.2 Å². The molecule has 0 radical (unpaired) electrons. The van der Waals surface area contributed by atoms with E-state index in [2.05, 4.69) is 6.07 Å². The van der Waals surface area contributed by atoms with Crippen molar-refractivity contribution in [1.29, 1.82) is 0 Å². The summed E-state index contributed by atoms with van der Waals surface area (Å²) < 4.78 is 3.83. The highest BCUT2D eigenvalue weighted by molar-refractivity contribution is 7.17. The molecule has 33 heavy (non-hydrogen) atoms. The average molecular weight is 466 g/mol. The molecular weight excluding hydrogens is 434 g/mol. The number of carbonyl (C=O) groups is 1. The highest BCUT2D eigenvalue weighted by Crippen LogP contribution is 2.31. The first-order valence-electron chi connectivity index (χ1n) is 12.1. The summed E-state index contributed by atoms with van der Waals surface area (Å²) in [6.45, 7) is 4.72. The molecule has 0 unspecified atom stereocenters. The quantitative estimate of drug-likeness (QED) is 0.572. The first-order chi connectivity index (χ1) is 16.0. The Morgan fingerprint density at radius 3 is 2.52 bits per heavy atom. The molecule has 0 N–H and O–H groups in total. The van der Waals surface area contributed by atoms with Crippen molar-refractivity contribution in [2.45, 2.75) is 58.5 Å². The van der Waals surface area contributed by atoms with Gasteiger partial charge in [-0.25, -0.2) is 4.79 Å². The molecule has 2 aromatic heterocycles. The summed E-state index contributed by atoms with van der Waals surface area (Å²) in [7, 11) is 0. The monoisotopic (exact) mass is 465 g/mol. The fraction of sp³-hybridized carbons (Fsp3) is 0.500. The van der Waals surface area contributed by atoms with E-state index in [0.29, 0.717) is 29.2 Å². The lowest BCUT2D eigenvalue weighted by molar-refractivity contribution is -0.135. The molecule has 1 saturated carbocycles. The fourth-order valence-electron chi connectivity index (χ4n) is 5.49. The van der Waals surface area contributed by atoms with Crippen molar-refractivity contribution >= 4 is 27.5 Å². The van der Waals surface area contributed by atoms with E-state index in [4.69, 9.17) is 0 Å². The smallest absolute Gasteiger partial charge is 0.331 e. The Morgan fingerprint density at radius 2 is 1.79 bits per heavy atom. The minimum Gasteiger partial charge on any atom is -0.342 e. The Balaban J connectivity index is 1.37. The largest absolute Gasteiger partial charge is 0.342 e. The van der Waals surface area contributed by atoms with Crippen LogP contribution in [-0.2, 0) is 17.9 Å². The van der Waals surface area contributed by atoms with Gasteiger partial charge < -0.3 is 4.90 Å². The zero-order valence-corrected chi connectivity index (χ0v) is 20.0. The molecule has 2 aliphatic rings. The van der Waals surface area contributed by atoms with E-state index in [-0.39, 0.29) is 23.1 Å². The van der Waals surface area contributed by atoms with Crippen LogP contribution in [0.15, 0.2) is 45.3 Å². The van der Waals surface area contributed by atoms with Gasteiger partial charge in [0.25, 0.3) is 5.56 Å². The number of carbonyl (C=O) groups excluding carboxylic acids is 1. The molecule has 174 valence electrons. The molecule has 3 aromatic rings. The predicted molar refractivity (Wildman–Crippen MR) is 132 cm³/mol.